The van der Waals surface area contributed by atoms with Crippen molar-refractivity contribution in [2.45, 2.75) is 71.3 Å². The number of aromatic amines is 1. The van der Waals surface area contributed by atoms with Crippen LogP contribution < -0.4 is 5.32 Å². The Balaban J connectivity index is 1.51. The van der Waals surface area contributed by atoms with E-state index < -0.39 is 29.9 Å². The third-order valence-corrected chi connectivity index (χ3v) is 7.55. The first kappa shape index (κ1) is 29.9. The molecule has 3 atom stereocenters. The standard InChI is InChI=1S/C30H44N4O6/c1-19-17-38-25(39-18-19)16-33(6)28(36)26(20(2)23-14-31-24-12-8-7-11-22(23)24)32-27(35)21-10-9-13-34(15-21)29(37)40-30(3,4)5/h7-8,11-12,14,19-21,25-26,31H,9-10,13,15-18H2,1-6H3,(H,32,35)/t19?,20-,21?,25?,26+/m0/s1. The van der Waals surface area contributed by atoms with E-state index in [1.807, 2.05) is 58.2 Å². The highest BCUT2D eigenvalue weighted by molar-refractivity contribution is 5.91. The lowest BCUT2D eigenvalue weighted by molar-refractivity contribution is -0.204. The fraction of sp³-hybridized carbons (Fsp3) is 0.633. The van der Waals surface area contributed by atoms with Gasteiger partial charge >= 0.3 is 6.09 Å². The highest BCUT2D eigenvalue weighted by Crippen LogP contribution is 2.29. The van der Waals surface area contributed by atoms with E-state index in [1.165, 1.54) is 0 Å². The van der Waals surface area contributed by atoms with Crippen LogP contribution in [0.5, 0.6) is 0 Å². The smallest absolute Gasteiger partial charge is 0.410 e. The summed E-state index contributed by atoms with van der Waals surface area (Å²) in [7, 11) is 1.71. The molecule has 0 bridgehead atoms. The summed E-state index contributed by atoms with van der Waals surface area (Å²) in [5, 5.41) is 4.07. The van der Waals surface area contributed by atoms with Crippen LogP contribution in [0, 0.1) is 11.8 Å². The number of para-hydroxylation sites is 1. The Kier molecular flexibility index (Phi) is 9.41. The number of nitrogens with zero attached hydrogens (tertiary/aromatic N) is 2. The number of benzene rings is 1. The van der Waals surface area contributed by atoms with Crippen LogP contribution in [-0.4, -0.2) is 90.5 Å². The average molecular weight is 557 g/mol. The molecule has 1 aromatic heterocycles. The molecule has 2 fully saturated rings. The molecule has 0 spiro atoms. The van der Waals surface area contributed by atoms with Gasteiger partial charge in [0.25, 0.3) is 0 Å². The summed E-state index contributed by atoms with van der Waals surface area (Å²) in [4.78, 5) is 46.7. The molecule has 0 aliphatic carbocycles. The van der Waals surface area contributed by atoms with E-state index in [0.717, 1.165) is 16.5 Å². The molecule has 40 heavy (non-hydrogen) atoms. The fourth-order valence-electron chi connectivity index (χ4n) is 5.30. The number of amides is 3. The Bertz CT molecular complexity index is 1180. The van der Waals surface area contributed by atoms with E-state index in [9.17, 15) is 14.4 Å². The first-order chi connectivity index (χ1) is 18.9. The number of hydrogen-bond acceptors (Lipinski definition) is 6. The molecule has 220 valence electrons. The number of fused-ring (bicyclic) bond motifs is 1. The van der Waals surface area contributed by atoms with Crippen molar-refractivity contribution in [1.29, 1.82) is 0 Å². The van der Waals surface area contributed by atoms with Crippen molar-refractivity contribution in [3.63, 3.8) is 0 Å². The maximum Gasteiger partial charge on any atom is 0.410 e. The Morgan fingerprint density at radius 2 is 1.90 bits per heavy atom. The van der Waals surface area contributed by atoms with Crippen molar-refractivity contribution in [2.75, 3.05) is 39.9 Å². The summed E-state index contributed by atoms with van der Waals surface area (Å²) < 4.78 is 17.1. The average Bonchev–Trinajstić information content (AvgIpc) is 3.35. The monoisotopic (exact) mass is 556 g/mol. The minimum Gasteiger partial charge on any atom is -0.444 e. The topological polar surface area (TPSA) is 113 Å². The van der Waals surface area contributed by atoms with Crippen LogP contribution in [0.15, 0.2) is 30.5 Å². The van der Waals surface area contributed by atoms with Crippen molar-refractivity contribution in [2.24, 2.45) is 11.8 Å². The van der Waals surface area contributed by atoms with Gasteiger partial charge in [-0.1, -0.05) is 32.0 Å². The number of H-pyrrole nitrogens is 1. The molecule has 2 aromatic rings. The maximum absolute atomic E-state index is 13.9. The molecule has 0 saturated carbocycles. The van der Waals surface area contributed by atoms with Gasteiger partial charge < -0.3 is 34.3 Å². The Hall–Kier alpha value is -3.11. The SMILES string of the molecule is CC1COC(CN(C)C(=O)[C@H](NC(=O)C2CCCN(C(=O)OC(C)(C)C)C2)[C@@H](C)c2c[nH]c3ccccc23)OC1. The van der Waals surface area contributed by atoms with Crippen molar-refractivity contribution < 1.29 is 28.6 Å². The zero-order chi connectivity index (χ0) is 29.0. The molecule has 2 saturated heterocycles. The number of rotatable bonds is 7. The van der Waals surface area contributed by atoms with Gasteiger partial charge in [-0.3, -0.25) is 9.59 Å². The molecule has 2 aliphatic rings. The van der Waals surface area contributed by atoms with Gasteiger partial charge in [-0.05, 0) is 45.2 Å². The van der Waals surface area contributed by atoms with E-state index in [1.54, 1.807) is 16.8 Å². The van der Waals surface area contributed by atoms with Crippen molar-refractivity contribution in [3.05, 3.63) is 36.0 Å². The number of nitrogens with one attached hydrogen (secondary N) is 2. The van der Waals surface area contributed by atoms with Gasteiger partial charge in [0.2, 0.25) is 11.8 Å². The lowest BCUT2D eigenvalue weighted by Crippen LogP contribution is -2.55. The van der Waals surface area contributed by atoms with Gasteiger partial charge in [0.05, 0.1) is 25.7 Å². The predicted molar refractivity (Wildman–Crippen MR) is 152 cm³/mol. The fourth-order valence-corrected chi connectivity index (χ4v) is 5.30. The molecule has 4 rings (SSSR count). The number of hydrogen-bond donors (Lipinski definition) is 2. The van der Waals surface area contributed by atoms with E-state index in [-0.39, 0.29) is 30.8 Å². The minimum absolute atomic E-state index is 0.225. The molecule has 10 nitrogen and oxygen atoms in total. The summed E-state index contributed by atoms with van der Waals surface area (Å²) in [5.41, 5.74) is 1.29. The molecule has 0 radical (unpaired) electrons. The molecule has 2 N–H and O–H groups in total. The van der Waals surface area contributed by atoms with E-state index in [2.05, 4.69) is 17.2 Å². The number of likely N-dealkylation sites (tertiary alicyclic amines) is 1. The van der Waals surface area contributed by atoms with Gasteiger partial charge in [0.15, 0.2) is 6.29 Å². The normalized spacial score (nSPS) is 23.4. The zero-order valence-electron chi connectivity index (χ0n) is 24.6. The molecule has 1 unspecified atom stereocenters. The third-order valence-electron chi connectivity index (χ3n) is 7.55. The summed E-state index contributed by atoms with van der Waals surface area (Å²) in [5.74, 6) is -0.929. The van der Waals surface area contributed by atoms with Crippen LogP contribution in [-0.2, 0) is 23.8 Å². The lowest BCUT2D eigenvalue weighted by Gasteiger charge is -2.36. The van der Waals surface area contributed by atoms with Gasteiger partial charge in [-0.25, -0.2) is 4.79 Å². The van der Waals surface area contributed by atoms with Crippen LogP contribution >= 0.6 is 0 Å². The van der Waals surface area contributed by atoms with Crippen LogP contribution in [0.3, 0.4) is 0 Å². The number of likely N-dealkylation sites (N-methyl/N-ethyl adjacent to an activating group) is 1. The minimum atomic E-state index is -0.823. The quantitative estimate of drug-likeness (QED) is 0.535. The van der Waals surface area contributed by atoms with Gasteiger partial charge in [0.1, 0.15) is 11.6 Å². The summed E-state index contributed by atoms with van der Waals surface area (Å²) >= 11 is 0. The Labute approximate surface area is 236 Å². The number of ether oxygens (including phenoxy) is 3. The predicted octanol–water partition coefficient (Wildman–Crippen LogP) is 3.87. The molecule has 3 heterocycles. The first-order valence-electron chi connectivity index (χ1n) is 14.3. The van der Waals surface area contributed by atoms with Gasteiger partial charge in [-0.15, -0.1) is 0 Å². The molecule has 10 heteroatoms. The van der Waals surface area contributed by atoms with E-state index in [0.29, 0.717) is 38.5 Å². The number of piperidine rings is 1. The van der Waals surface area contributed by atoms with Crippen molar-refractivity contribution >= 4 is 28.8 Å². The second-order valence-corrected chi connectivity index (χ2v) is 12.3. The van der Waals surface area contributed by atoms with E-state index >= 15 is 0 Å². The Morgan fingerprint density at radius 1 is 1.20 bits per heavy atom. The first-order valence-corrected chi connectivity index (χ1v) is 14.3. The number of carbonyl (C=O) groups excluding carboxylic acids is 3. The largest absolute Gasteiger partial charge is 0.444 e. The number of carbonyl (C=O) groups is 3. The zero-order valence-corrected chi connectivity index (χ0v) is 24.6. The second kappa shape index (κ2) is 12.6. The van der Waals surface area contributed by atoms with Crippen LogP contribution in [0.25, 0.3) is 10.9 Å². The third kappa shape index (κ3) is 7.34. The highest BCUT2D eigenvalue weighted by Gasteiger charge is 2.37. The van der Waals surface area contributed by atoms with E-state index in [4.69, 9.17) is 14.2 Å². The maximum atomic E-state index is 13.9. The lowest BCUT2D eigenvalue weighted by atomic mass is 9.90. The number of aromatic nitrogens is 1. The van der Waals surface area contributed by atoms with Crippen molar-refractivity contribution in [3.8, 4) is 0 Å². The van der Waals surface area contributed by atoms with Crippen molar-refractivity contribution in [1.82, 2.24) is 20.1 Å². The molecular weight excluding hydrogens is 512 g/mol. The summed E-state index contributed by atoms with van der Waals surface area (Å²) in [6, 6.07) is 7.08. The summed E-state index contributed by atoms with van der Waals surface area (Å²) in [6.07, 6.45) is 2.28. The molecular formula is C30H44N4O6. The van der Waals surface area contributed by atoms with Gasteiger partial charge in [0, 0.05) is 49.1 Å². The van der Waals surface area contributed by atoms with Crippen LogP contribution in [0.2, 0.25) is 0 Å². The van der Waals surface area contributed by atoms with Crippen LogP contribution in [0.4, 0.5) is 4.79 Å². The Morgan fingerprint density at radius 3 is 2.60 bits per heavy atom. The van der Waals surface area contributed by atoms with Gasteiger partial charge in [-0.2, -0.15) is 0 Å². The molecule has 2 aliphatic heterocycles. The molecule has 3 amide bonds. The molecule has 1 aromatic carbocycles. The second-order valence-electron chi connectivity index (χ2n) is 12.3. The summed E-state index contributed by atoms with van der Waals surface area (Å²) in [6.45, 7) is 11.7. The highest BCUT2D eigenvalue weighted by atomic mass is 16.7. The van der Waals surface area contributed by atoms with Crippen LogP contribution in [0.1, 0.15) is 58.9 Å².